The van der Waals surface area contributed by atoms with Crippen molar-refractivity contribution in [2.24, 2.45) is 0 Å². The van der Waals surface area contributed by atoms with E-state index in [0.29, 0.717) is 5.56 Å². The molecule has 0 unspecified atom stereocenters. The number of anilines is 1. The number of alkyl halides is 3. The van der Waals surface area contributed by atoms with Crippen molar-refractivity contribution >= 4 is 11.5 Å². The lowest BCUT2D eigenvalue weighted by atomic mass is 10.1. The summed E-state index contributed by atoms with van der Waals surface area (Å²) in [5, 5.41) is 0. The second-order valence-corrected chi connectivity index (χ2v) is 4.77. The van der Waals surface area contributed by atoms with Gasteiger partial charge in [-0.05, 0) is 37.1 Å². The van der Waals surface area contributed by atoms with Crippen molar-refractivity contribution in [1.82, 2.24) is 0 Å². The van der Waals surface area contributed by atoms with Gasteiger partial charge >= 0.3 is 6.18 Å². The van der Waals surface area contributed by atoms with E-state index in [4.69, 9.17) is 0 Å². The molecule has 0 N–H and O–H groups in total. The molecule has 0 saturated carbocycles. The molecule has 0 spiro atoms. The fourth-order valence-electron chi connectivity index (χ4n) is 2.18. The number of hydrogen-bond acceptors (Lipinski definition) is 3. The van der Waals surface area contributed by atoms with Gasteiger partial charge in [-0.25, -0.2) is 0 Å². The van der Waals surface area contributed by atoms with E-state index in [2.05, 4.69) is 9.64 Å². The third kappa shape index (κ3) is 4.23. The second kappa shape index (κ2) is 6.26. The Labute approximate surface area is 115 Å². The van der Waals surface area contributed by atoms with Crippen LogP contribution in [0.3, 0.4) is 0 Å². The number of nitrogens with zero attached hydrogens (tertiary/aromatic N) is 1. The lowest BCUT2D eigenvalue weighted by Crippen LogP contribution is -2.20. The summed E-state index contributed by atoms with van der Waals surface area (Å²) < 4.78 is 40.0. The van der Waals surface area contributed by atoms with Crippen molar-refractivity contribution in [1.29, 1.82) is 0 Å². The van der Waals surface area contributed by atoms with Crippen LogP contribution in [0, 0.1) is 0 Å². The quantitative estimate of drug-likeness (QED) is 0.780. The van der Waals surface area contributed by atoms with Crippen molar-refractivity contribution in [3.05, 3.63) is 29.8 Å². The largest absolute Gasteiger partial charge is 0.411 e. The Balaban J connectivity index is 1.87. The van der Waals surface area contributed by atoms with Gasteiger partial charge in [-0.1, -0.05) is 0 Å². The van der Waals surface area contributed by atoms with Crippen molar-refractivity contribution < 1.29 is 22.7 Å². The first kappa shape index (κ1) is 14.8. The molecule has 110 valence electrons. The number of carbonyl (C=O) groups is 1. The van der Waals surface area contributed by atoms with Crippen LogP contribution >= 0.6 is 0 Å². The van der Waals surface area contributed by atoms with Crippen LogP contribution in [0.2, 0.25) is 0 Å². The predicted octanol–water partition coefficient (Wildman–Crippen LogP) is 3.05. The van der Waals surface area contributed by atoms with E-state index in [9.17, 15) is 18.0 Å². The topological polar surface area (TPSA) is 29.5 Å². The Morgan fingerprint density at radius 1 is 1.15 bits per heavy atom. The molecule has 0 aliphatic carbocycles. The number of ether oxygens (including phenoxy) is 1. The minimum absolute atomic E-state index is 0.370. The van der Waals surface area contributed by atoms with Crippen LogP contribution < -0.4 is 4.90 Å². The van der Waals surface area contributed by atoms with Crippen LogP contribution in [-0.2, 0) is 4.74 Å². The highest BCUT2D eigenvalue weighted by atomic mass is 19.4. The Morgan fingerprint density at radius 3 is 2.30 bits per heavy atom. The average Bonchev–Trinajstić information content (AvgIpc) is 2.91. The molecule has 6 heteroatoms. The molecule has 1 aliphatic rings. The lowest BCUT2D eigenvalue weighted by molar-refractivity contribution is -0.170. The van der Waals surface area contributed by atoms with Gasteiger partial charge < -0.3 is 9.64 Å². The van der Waals surface area contributed by atoms with Gasteiger partial charge in [-0.15, -0.1) is 0 Å². The molecule has 3 nitrogen and oxygen atoms in total. The van der Waals surface area contributed by atoms with Gasteiger partial charge in [0.1, 0.15) is 13.2 Å². The molecular weight excluding hydrogens is 271 g/mol. The van der Waals surface area contributed by atoms with E-state index in [1.54, 1.807) is 12.1 Å². The van der Waals surface area contributed by atoms with Crippen LogP contribution in [0.4, 0.5) is 18.9 Å². The number of hydrogen-bond donors (Lipinski definition) is 0. The Bertz CT molecular complexity index is 450. The van der Waals surface area contributed by atoms with Crippen molar-refractivity contribution in [3.63, 3.8) is 0 Å². The van der Waals surface area contributed by atoms with Gasteiger partial charge in [0.15, 0.2) is 5.78 Å². The number of carbonyl (C=O) groups excluding carboxylic acids is 1. The predicted molar refractivity (Wildman–Crippen MR) is 69.1 cm³/mol. The smallest absolute Gasteiger partial charge is 0.372 e. The fourth-order valence-corrected chi connectivity index (χ4v) is 2.18. The van der Waals surface area contributed by atoms with Crippen molar-refractivity contribution in [3.8, 4) is 0 Å². The Hall–Kier alpha value is -1.56. The van der Waals surface area contributed by atoms with Crippen LogP contribution in [0.1, 0.15) is 23.2 Å². The minimum Gasteiger partial charge on any atom is -0.372 e. The molecule has 1 saturated heterocycles. The summed E-state index contributed by atoms with van der Waals surface area (Å²) in [4.78, 5) is 13.9. The summed E-state index contributed by atoms with van der Waals surface area (Å²) in [5.74, 6) is -0.442. The highest BCUT2D eigenvalue weighted by Crippen LogP contribution is 2.20. The van der Waals surface area contributed by atoms with Crippen molar-refractivity contribution in [2.75, 3.05) is 31.2 Å². The average molecular weight is 287 g/mol. The number of rotatable bonds is 5. The molecule has 0 amide bonds. The molecule has 1 fully saturated rings. The van der Waals surface area contributed by atoms with Crippen molar-refractivity contribution in [2.45, 2.75) is 19.0 Å². The summed E-state index contributed by atoms with van der Waals surface area (Å²) in [6.45, 7) is 0.0527. The molecule has 0 aromatic heterocycles. The maximum atomic E-state index is 11.9. The zero-order chi connectivity index (χ0) is 14.6. The molecule has 0 bridgehead atoms. The molecule has 1 heterocycles. The van der Waals surface area contributed by atoms with E-state index >= 15 is 0 Å². The van der Waals surface area contributed by atoms with Crippen LogP contribution in [0.15, 0.2) is 24.3 Å². The third-order valence-electron chi connectivity index (χ3n) is 3.16. The monoisotopic (exact) mass is 287 g/mol. The minimum atomic E-state index is -4.40. The normalized spacial score (nSPS) is 15.7. The number of benzene rings is 1. The summed E-state index contributed by atoms with van der Waals surface area (Å²) in [6, 6.07) is 6.91. The van der Waals surface area contributed by atoms with Gasteiger partial charge in [-0.3, -0.25) is 4.79 Å². The first-order valence-electron chi connectivity index (χ1n) is 6.48. The SMILES string of the molecule is O=C(COCC(F)(F)F)c1ccc(N2CCCC2)cc1. The second-order valence-electron chi connectivity index (χ2n) is 4.77. The highest BCUT2D eigenvalue weighted by Gasteiger charge is 2.27. The third-order valence-corrected chi connectivity index (χ3v) is 3.16. The Kier molecular flexibility index (Phi) is 4.65. The molecule has 2 rings (SSSR count). The van der Waals surface area contributed by atoms with E-state index in [0.717, 1.165) is 31.6 Å². The zero-order valence-corrected chi connectivity index (χ0v) is 10.9. The van der Waals surface area contributed by atoms with Gasteiger partial charge in [0.2, 0.25) is 0 Å². The summed E-state index contributed by atoms with van der Waals surface area (Å²) in [6.07, 6.45) is -2.09. The lowest BCUT2D eigenvalue weighted by Gasteiger charge is -2.17. The molecule has 0 radical (unpaired) electrons. The van der Waals surface area contributed by atoms with Gasteiger partial charge in [0.25, 0.3) is 0 Å². The van der Waals surface area contributed by atoms with Crippen LogP contribution in [-0.4, -0.2) is 38.3 Å². The number of Topliss-reactive ketones (excluding diaryl/α,β-unsaturated/α-hetero) is 1. The standard InChI is InChI=1S/C14H16F3NO2/c15-14(16,17)10-20-9-13(19)11-3-5-12(6-4-11)18-7-1-2-8-18/h3-6H,1-2,7-10H2. The highest BCUT2D eigenvalue weighted by molar-refractivity contribution is 5.97. The van der Waals surface area contributed by atoms with E-state index in [1.807, 2.05) is 12.1 Å². The molecule has 0 atom stereocenters. The molecule has 1 aromatic carbocycles. The molecule has 1 aromatic rings. The zero-order valence-electron chi connectivity index (χ0n) is 10.9. The van der Waals surface area contributed by atoms with Gasteiger partial charge in [0.05, 0.1) is 0 Å². The van der Waals surface area contributed by atoms with Crippen LogP contribution in [0.25, 0.3) is 0 Å². The molecular formula is C14H16F3NO2. The van der Waals surface area contributed by atoms with E-state index in [1.165, 1.54) is 0 Å². The van der Waals surface area contributed by atoms with E-state index < -0.39 is 25.2 Å². The molecule has 1 aliphatic heterocycles. The maximum Gasteiger partial charge on any atom is 0.411 e. The maximum absolute atomic E-state index is 11.9. The summed E-state index contributed by atoms with van der Waals surface area (Å²) in [5.41, 5.74) is 1.41. The van der Waals surface area contributed by atoms with Gasteiger partial charge in [0, 0.05) is 24.3 Å². The van der Waals surface area contributed by atoms with E-state index in [-0.39, 0.29) is 0 Å². The Morgan fingerprint density at radius 2 is 1.75 bits per heavy atom. The first-order chi connectivity index (χ1) is 9.46. The first-order valence-corrected chi connectivity index (χ1v) is 6.48. The number of halogens is 3. The molecule has 20 heavy (non-hydrogen) atoms. The fraction of sp³-hybridized carbons (Fsp3) is 0.500. The summed E-state index contributed by atoms with van der Waals surface area (Å²) in [7, 11) is 0. The van der Waals surface area contributed by atoms with Gasteiger partial charge in [-0.2, -0.15) is 13.2 Å². The number of ketones is 1. The van der Waals surface area contributed by atoms with Crippen LogP contribution in [0.5, 0.6) is 0 Å². The summed E-state index contributed by atoms with van der Waals surface area (Å²) >= 11 is 0.